The molecule has 1 fully saturated rings. The Morgan fingerprint density at radius 2 is 2.42 bits per heavy atom. The molecule has 19 heavy (non-hydrogen) atoms. The molecule has 0 bridgehead atoms. The largest absolute Gasteiger partial charge is 0.481 e. The number of piperidine rings is 1. The first-order valence-electron chi connectivity index (χ1n) is 7.21. The molecule has 2 unspecified atom stereocenters. The highest BCUT2D eigenvalue weighted by Gasteiger charge is 2.27. The first kappa shape index (κ1) is 12.7. The minimum Gasteiger partial charge on any atom is -0.481 e. The van der Waals surface area contributed by atoms with Crippen molar-refractivity contribution in [1.29, 1.82) is 0 Å². The predicted octanol–water partition coefficient (Wildman–Crippen LogP) is 1.07. The summed E-state index contributed by atoms with van der Waals surface area (Å²) in [6.07, 6.45) is 6.63. The molecule has 2 N–H and O–H groups in total. The van der Waals surface area contributed by atoms with Crippen LogP contribution in [0.25, 0.3) is 0 Å². The first-order valence-corrected chi connectivity index (χ1v) is 7.21. The zero-order valence-corrected chi connectivity index (χ0v) is 11.1. The van der Waals surface area contributed by atoms with Crippen LogP contribution in [-0.2, 0) is 24.2 Å². The van der Waals surface area contributed by atoms with Gasteiger partial charge >= 0.3 is 5.97 Å². The van der Waals surface area contributed by atoms with Gasteiger partial charge in [0.15, 0.2) is 0 Å². The Balaban J connectivity index is 1.70. The molecule has 2 heterocycles. The summed E-state index contributed by atoms with van der Waals surface area (Å²) in [4.78, 5) is 11.1. The molecule has 0 aromatic carbocycles. The molecule has 0 radical (unpaired) electrons. The van der Waals surface area contributed by atoms with Gasteiger partial charge in [0.25, 0.3) is 0 Å². The highest BCUT2D eigenvalue weighted by molar-refractivity contribution is 5.70. The van der Waals surface area contributed by atoms with Crippen LogP contribution in [0.3, 0.4) is 0 Å². The van der Waals surface area contributed by atoms with Gasteiger partial charge in [-0.3, -0.25) is 9.48 Å². The maximum Gasteiger partial charge on any atom is 0.306 e. The standard InChI is InChI=1S/C14H21N3O2/c18-14(19)11-3-4-13-12(6-11)8-16-17(13)9-10-2-1-5-15-7-10/h8,10-11,15H,1-7,9H2,(H,18,19). The fourth-order valence-electron chi connectivity index (χ4n) is 3.28. The van der Waals surface area contributed by atoms with E-state index in [2.05, 4.69) is 15.1 Å². The number of rotatable bonds is 3. The number of hydrogen-bond donors (Lipinski definition) is 2. The van der Waals surface area contributed by atoms with Crippen molar-refractivity contribution in [3.63, 3.8) is 0 Å². The second kappa shape index (κ2) is 5.33. The zero-order valence-electron chi connectivity index (χ0n) is 11.1. The minimum atomic E-state index is -0.671. The van der Waals surface area contributed by atoms with Crippen LogP contribution in [0.5, 0.6) is 0 Å². The van der Waals surface area contributed by atoms with Gasteiger partial charge in [-0.25, -0.2) is 0 Å². The molecule has 1 aliphatic carbocycles. The van der Waals surface area contributed by atoms with Crippen LogP contribution >= 0.6 is 0 Å². The molecule has 2 aliphatic rings. The van der Waals surface area contributed by atoms with Gasteiger partial charge in [0, 0.05) is 12.2 Å². The summed E-state index contributed by atoms with van der Waals surface area (Å²) >= 11 is 0. The van der Waals surface area contributed by atoms with Crippen LogP contribution in [0.1, 0.15) is 30.5 Å². The smallest absolute Gasteiger partial charge is 0.306 e. The van der Waals surface area contributed by atoms with E-state index in [0.29, 0.717) is 12.3 Å². The molecule has 5 nitrogen and oxygen atoms in total. The van der Waals surface area contributed by atoms with Gasteiger partial charge in [0.05, 0.1) is 12.1 Å². The van der Waals surface area contributed by atoms with Crippen molar-refractivity contribution in [2.45, 2.75) is 38.6 Å². The summed E-state index contributed by atoms with van der Waals surface area (Å²) < 4.78 is 2.12. The van der Waals surface area contributed by atoms with Crippen LogP contribution in [-0.4, -0.2) is 33.9 Å². The molecule has 0 saturated carbocycles. The summed E-state index contributed by atoms with van der Waals surface area (Å²) in [6.45, 7) is 3.18. The quantitative estimate of drug-likeness (QED) is 0.856. The third-order valence-corrected chi connectivity index (χ3v) is 4.41. The number of nitrogens with one attached hydrogen (secondary N) is 1. The lowest BCUT2D eigenvalue weighted by atomic mass is 9.88. The number of hydrogen-bond acceptors (Lipinski definition) is 3. The second-order valence-corrected chi connectivity index (χ2v) is 5.79. The van der Waals surface area contributed by atoms with E-state index in [9.17, 15) is 4.79 Å². The monoisotopic (exact) mass is 263 g/mol. The number of nitrogens with zero attached hydrogens (tertiary/aromatic N) is 2. The maximum absolute atomic E-state index is 11.1. The molecule has 1 aromatic rings. The van der Waals surface area contributed by atoms with E-state index < -0.39 is 5.97 Å². The molecule has 1 saturated heterocycles. The van der Waals surface area contributed by atoms with E-state index >= 15 is 0 Å². The van der Waals surface area contributed by atoms with Crippen molar-refractivity contribution in [2.75, 3.05) is 13.1 Å². The summed E-state index contributed by atoms with van der Waals surface area (Å²) in [5, 5.41) is 17.0. The molecule has 2 atom stereocenters. The number of aliphatic carboxylic acids is 1. The third-order valence-electron chi connectivity index (χ3n) is 4.41. The van der Waals surface area contributed by atoms with E-state index in [1.165, 1.54) is 18.5 Å². The SMILES string of the molecule is O=C(O)C1CCc2c(cnn2CC2CCCNC2)C1. The van der Waals surface area contributed by atoms with E-state index in [-0.39, 0.29) is 5.92 Å². The van der Waals surface area contributed by atoms with Crippen molar-refractivity contribution in [1.82, 2.24) is 15.1 Å². The van der Waals surface area contributed by atoms with Gasteiger partial charge in [-0.2, -0.15) is 5.10 Å². The molecule has 104 valence electrons. The Hall–Kier alpha value is -1.36. The third kappa shape index (κ3) is 2.66. The van der Waals surface area contributed by atoms with Crippen molar-refractivity contribution in [2.24, 2.45) is 11.8 Å². The molecular formula is C14H21N3O2. The summed E-state index contributed by atoms with van der Waals surface area (Å²) in [7, 11) is 0. The van der Waals surface area contributed by atoms with E-state index in [1.807, 2.05) is 6.20 Å². The van der Waals surface area contributed by atoms with Gasteiger partial charge in [-0.1, -0.05) is 0 Å². The summed E-state index contributed by atoms with van der Waals surface area (Å²) in [6, 6.07) is 0. The maximum atomic E-state index is 11.1. The van der Waals surface area contributed by atoms with E-state index in [1.54, 1.807) is 0 Å². The van der Waals surface area contributed by atoms with Crippen molar-refractivity contribution in [3.8, 4) is 0 Å². The summed E-state index contributed by atoms with van der Waals surface area (Å²) in [5.41, 5.74) is 2.41. The summed E-state index contributed by atoms with van der Waals surface area (Å²) in [5.74, 6) is -0.230. The Bertz CT molecular complexity index is 463. The van der Waals surface area contributed by atoms with Crippen LogP contribution in [0.4, 0.5) is 0 Å². The van der Waals surface area contributed by atoms with E-state index in [4.69, 9.17) is 5.11 Å². The topological polar surface area (TPSA) is 67.1 Å². The average molecular weight is 263 g/mol. The molecule has 3 rings (SSSR count). The lowest BCUT2D eigenvalue weighted by Gasteiger charge is -2.25. The Morgan fingerprint density at radius 1 is 1.53 bits per heavy atom. The molecule has 0 amide bonds. The van der Waals surface area contributed by atoms with Crippen LogP contribution in [0.2, 0.25) is 0 Å². The van der Waals surface area contributed by atoms with Gasteiger partial charge < -0.3 is 10.4 Å². The highest BCUT2D eigenvalue weighted by Crippen LogP contribution is 2.26. The van der Waals surface area contributed by atoms with Gasteiger partial charge in [0.2, 0.25) is 0 Å². The Kier molecular flexibility index (Phi) is 3.55. The molecule has 5 heteroatoms. The Labute approximate surface area is 113 Å². The number of carboxylic acid groups (broad SMARTS) is 1. The Morgan fingerprint density at radius 3 is 3.16 bits per heavy atom. The lowest BCUT2D eigenvalue weighted by molar-refractivity contribution is -0.142. The molecule has 0 spiro atoms. The number of aromatic nitrogens is 2. The van der Waals surface area contributed by atoms with Crippen LogP contribution in [0.15, 0.2) is 6.20 Å². The van der Waals surface area contributed by atoms with E-state index in [0.717, 1.165) is 38.0 Å². The van der Waals surface area contributed by atoms with Crippen LogP contribution < -0.4 is 5.32 Å². The number of carboxylic acids is 1. The van der Waals surface area contributed by atoms with Gasteiger partial charge in [-0.05, 0) is 56.7 Å². The van der Waals surface area contributed by atoms with Gasteiger partial charge in [0.1, 0.15) is 0 Å². The van der Waals surface area contributed by atoms with Crippen LogP contribution in [0, 0.1) is 11.8 Å². The first-order chi connectivity index (χ1) is 9.24. The lowest BCUT2D eigenvalue weighted by Crippen LogP contribution is -2.33. The van der Waals surface area contributed by atoms with Crippen molar-refractivity contribution in [3.05, 3.63) is 17.5 Å². The fraction of sp³-hybridized carbons (Fsp3) is 0.714. The number of carbonyl (C=O) groups is 1. The molecular weight excluding hydrogens is 242 g/mol. The van der Waals surface area contributed by atoms with Crippen molar-refractivity contribution >= 4 is 5.97 Å². The molecule has 1 aromatic heterocycles. The second-order valence-electron chi connectivity index (χ2n) is 5.79. The molecule has 1 aliphatic heterocycles. The highest BCUT2D eigenvalue weighted by atomic mass is 16.4. The fourth-order valence-corrected chi connectivity index (χ4v) is 3.28. The minimum absolute atomic E-state index is 0.221. The zero-order chi connectivity index (χ0) is 13.2. The number of fused-ring (bicyclic) bond motifs is 1. The average Bonchev–Trinajstić information content (AvgIpc) is 2.82. The van der Waals surface area contributed by atoms with Gasteiger partial charge in [-0.15, -0.1) is 0 Å². The normalized spacial score (nSPS) is 26.9. The predicted molar refractivity (Wildman–Crippen MR) is 71.0 cm³/mol. The van der Waals surface area contributed by atoms with Crippen molar-refractivity contribution < 1.29 is 9.90 Å².